The number of carbonyl (C=O) groups is 1. The van der Waals surface area contributed by atoms with Crippen LogP contribution in [0, 0.1) is 6.92 Å². The maximum absolute atomic E-state index is 12.3. The molecule has 1 amide bonds. The first-order valence-corrected chi connectivity index (χ1v) is 10.6. The quantitative estimate of drug-likeness (QED) is 0.494. The molecule has 1 N–H and O–H groups in total. The van der Waals surface area contributed by atoms with Crippen LogP contribution in [0.1, 0.15) is 24.4 Å². The number of amides is 1. The lowest BCUT2D eigenvalue weighted by molar-refractivity contribution is -0.113. The van der Waals surface area contributed by atoms with Crippen molar-refractivity contribution in [3.05, 3.63) is 63.9 Å². The van der Waals surface area contributed by atoms with E-state index >= 15 is 0 Å². The molecule has 1 atom stereocenters. The molecule has 3 aromatic rings. The number of aryl methyl sites for hydroxylation is 1. The fourth-order valence-corrected chi connectivity index (χ4v) is 3.80. The number of nitrogens with zero attached hydrogens (tertiary/aromatic N) is 3. The predicted molar refractivity (Wildman–Crippen MR) is 117 cm³/mol. The normalized spacial score (nSPS) is 11.9. The van der Waals surface area contributed by atoms with Gasteiger partial charge in [0.15, 0.2) is 17.1 Å². The lowest BCUT2D eigenvalue weighted by Gasteiger charge is -2.15. The second kappa shape index (κ2) is 9.52. The molecule has 1 heterocycles. The second-order valence-corrected chi connectivity index (χ2v) is 8.17. The number of nitrogens with one attached hydrogen (secondary N) is 1. The Morgan fingerprint density at radius 1 is 1.24 bits per heavy atom. The molecular formula is C20H20Cl2N4O2S. The molecule has 0 saturated carbocycles. The van der Waals surface area contributed by atoms with E-state index in [1.807, 2.05) is 37.6 Å². The van der Waals surface area contributed by atoms with E-state index in [-0.39, 0.29) is 17.8 Å². The van der Waals surface area contributed by atoms with Gasteiger partial charge in [-0.25, -0.2) is 0 Å². The Balaban J connectivity index is 1.60. The number of anilines is 1. The van der Waals surface area contributed by atoms with E-state index in [2.05, 4.69) is 15.5 Å². The van der Waals surface area contributed by atoms with E-state index < -0.39 is 0 Å². The molecule has 6 nitrogen and oxygen atoms in total. The summed E-state index contributed by atoms with van der Waals surface area (Å²) in [5.41, 5.74) is 1.64. The first-order valence-electron chi connectivity index (χ1n) is 8.84. The monoisotopic (exact) mass is 450 g/mol. The summed E-state index contributed by atoms with van der Waals surface area (Å²) in [6.45, 7) is 3.77. The number of carbonyl (C=O) groups excluding carboxylic acids is 1. The highest BCUT2D eigenvalue weighted by atomic mass is 35.5. The molecule has 0 bridgehead atoms. The Morgan fingerprint density at radius 3 is 2.72 bits per heavy atom. The van der Waals surface area contributed by atoms with Crippen LogP contribution in [0.3, 0.4) is 0 Å². The van der Waals surface area contributed by atoms with E-state index in [4.69, 9.17) is 27.9 Å². The van der Waals surface area contributed by atoms with E-state index in [9.17, 15) is 4.79 Å². The van der Waals surface area contributed by atoms with Gasteiger partial charge in [-0.05, 0) is 49.7 Å². The largest absolute Gasteiger partial charge is 0.481 e. The van der Waals surface area contributed by atoms with Crippen molar-refractivity contribution >= 4 is 46.6 Å². The number of ether oxygens (including phenoxy) is 1. The van der Waals surface area contributed by atoms with Crippen LogP contribution in [0.15, 0.2) is 47.6 Å². The highest BCUT2D eigenvalue weighted by Gasteiger charge is 2.19. The van der Waals surface area contributed by atoms with Gasteiger partial charge >= 0.3 is 0 Å². The zero-order valence-corrected chi connectivity index (χ0v) is 18.5. The molecule has 3 rings (SSSR count). The average Bonchev–Trinajstić information content (AvgIpc) is 3.05. The number of rotatable bonds is 7. The third-order valence-corrected chi connectivity index (χ3v) is 5.74. The molecule has 9 heteroatoms. The van der Waals surface area contributed by atoms with Gasteiger partial charge in [0.2, 0.25) is 5.91 Å². The van der Waals surface area contributed by atoms with Crippen LogP contribution < -0.4 is 10.1 Å². The highest BCUT2D eigenvalue weighted by Crippen LogP contribution is 2.29. The Morgan fingerprint density at radius 2 is 2.00 bits per heavy atom. The minimum absolute atomic E-state index is 0.134. The molecule has 0 unspecified atom stereocenters. The molecule has 29 heavy (non-hydrogen) atoms. The molecule has 152 valence electrons. The van der Waals surface area contributed by atoms with Gasteiger partial charge in [-0.2, -0.15) is 0 Å². The van der Waals surface area contributed by atoms with Crippen molar-refractivity contribution in [3.63, 3.8) is 0 Å². The SMILES string of the molecule is Cc1cc(Cl)ccc1NC(=O)CSc1nnc([C@@H](C)Oc2ccccc2Cl)n1C. The molecule has 1 aromatic heterocycles. The van der Waals surface area contributed by atoms with Gasteiger partial charge in [-0.3, -0.25) is 4.79 Å². The molecular weight excluding hydrogens is 431 g/mol. The highest BCUT2D eigenvalue weighted by molar-refractivity contribution is 7.99. The van der Waals surface area contributed by atoms with E-state index in [0.717, 1.165) is 11.3 Å². The van der Waals surface area contributed by atoms with Gasteiger partial charge in [0.25, 0.3) is 0 Å². The van der Waals surface area contributed by atoms with Crippen LogP contribution in [-0.2, 0) is 11.8 Å². The molecule has 0 radical (unpaired) electrons. The molecule has 0 aliphatic carbocycles. The van der Waals surface area contributed by atoms with Crippen molar-refractivity contribution in [2.45, 2.75) is 25.1 Å². The maximum atomic E-state index is 12.3. The van der Waals surface area contributed by atoms with Crippen LogP contribution in [0.2, 0.25) is 10.0 Å². The topological polar surface area (TPSA) is 69.0 Å². The Labute approximate surface area is 183 Å². The molecule has 2 aromatic carbocycles. The molecule has 0 fully saturated rings. The van der Waals surface area contributed by atoms with Gasteiger partial charge < -0.3 is 14.6 Å². The minimum Gasteiger partial charge on any atom is -0.481 e. The zero-order valence-electron chi connectivity index (χ0n) is 16.1. The van der Waals surface area contributed by atoms with Crippen LogP contribution >= 0.6 is 35.0 Å². The van der Waals surface area contributed by atoms with Gasteiger partial charge in [0, 0.05) is 17.8 Å². The number of benzene rings is 2. The summed E-state index contributed by atoms with van der Waals surface area (Å²) in [6.07, 6.45) is -0.354. The maximum Gasteiger partial charge on any atom is 0.234 e. The third kappa shape index (κ3) is 5.44. The van der Waals surface area contributed by atoms with Crippen LogP contribution in [-0.4, -0.2) is 26.4 Å². The molecule has 0 saturated heterocycles. The smallest absolute Gasteiger partial charge is 0.234 e. The fourth-order valence-electron chi connectivity index (χ4n) is 2.67. The lowest BCUT2D eigenvalue weighted by atomic mass is 10.2. The van der Waals surface area contributed by atoms with Crippen molar-refractivity contribution in [1.29, 1.82) is 0 Å². The molecule has 0 spiro atoms. The van der Waals surface area contributed by atoms with Crippen LogP contribution in [0.5, 0.6) is 5.75 Å². The fraction of sp³-hybridized carbons (Fsp3) is 0.250. The first-order chi connectivity index (χ1) is 13.8. The summed E-state index contributed by atoms with van der Waals surface area (Å²) in [5.74, 6) is 1.29. The van der Waals surface area contributed by atoms with Crippen molar-refractivity contribution in [3.8, 4) is 5.75 Å². The van der Waals surface area contributed by atoms with Gasteiger partial charge in [0.05, 0.1) is 10.8 Å². The number of thioether (sulfide) groups is 1. The predicted octanol–water partition coefficient (Wildman–Crippen LogP) is 5.30. The van der Waals surface area contributed by atoms with Crippen molar-refractivity contribution in [1.82, 2.24) is 14.8 Å². The number of hydrogen-bond donors (Lipinski definition) is 1. The lowest BCUT2D eigenvalue weighted by Crippen LogP contribution is -2.15. The van der Waals surface area contributed by atoms with E-state index in [0.29, 0.717) is 26.8 Å². The average molecular weight is 451 g/mol. The summed E-state index contributed by atoms with van der Waals surface area (Å²) in [7, 11) is 1.84. The van der Waals surface area contributed by atoms with Crippen LogP contribution in [0.25, 0.3) is 0 Å². The summed E-state index contributed by atoms with van der Waals surface area (Å²) < 4.78 is 7.71. The number of halogens is 2. The van der Waals surface area contributed by atoms with Crippen molar-refractivity contribution < 1.29 is 9.53 Å². The zero-order chi connectivity index (χ0) is 21.0. The second-order valence-electron chi connectivity index (χ2n) is 6.39. The van der Waals surface area contributed by atoms with Gasteiger partial charge in [0.1, 0.15) is 5.75 Å². The van der Waals surface area contributed by atoms with Crippen molar-refractivity contribution in [2.24, 2.45) is 7.05 Å². The summed E-state index contributed by atoms with van der Waals surface area (Å²) in [4.78, 5) is 12.3. The Bertz CT molecular complexity index is 1030. The van der Waals surface area contributed by atoms with E-state index in [1.165, 1.54) is 11.8 Å². The van der Waals surface area contributed by atoms with Gasteiger partial charge in [-0.15, -0.1) is 10.2 Å². The van der Waals surface area contributed by atoms with Crippen LogP contribution in [0.4, 0.5) is 5.69 Å². The minimum atomic E-state index is -0.354. The number of aromatic nitrogens is 3. The number of para-hydroxylation sites is 1. The first kappa shape index (κ1) is 21.5. The third-order valence-electron chi connectivity index (χ3n) is 4.17. The Kier molecular flexibility index (Phi) is 7.05. The summed E-state index contributed by atoms with van der Waals surface area (Å²) in [6, 6.07) is 12.6. The Hall–Kier alpha value is -2.22. The molecule has 0 aliphatic heterocycles. The van der Waals surface area contributed by atoms with Gasteiger partial charge in [-0.1, -0.05) is 47.1 Å². The van der Waals surface area contributed by atoms with E-state index in [1.54, 1.807) is 30.3 Å². The summed E-state index contributed by atoms with van der Waals surface area (Å²) >= 11 is 13.4. The number of hydrogen-bond acceptors (Lipinski definition) is 5. The molecule has 0 aliphatic rings. The van der Waals surface area contributed by atoms with Crippen molar-refractivity contribution in [2.75, 3.05) is 11.1 Å². The summed E-state index contributed by atoms with van der Waals surface area (Å²) in [5, 5.41) is 13.0. The standard InChI is InChI=1S/C20H20Cl2N4O2S/c1-12-10-14(21)8-9-16(12)23-18(27)11-29-20-25-24-19(26(20)3)13(2)28-17-7-5-4-6-15(17)22/h4-10,13H,11H2,1-3H3,(H,23,27)/t13-/m1/s1.